The summed E-state index contributed by atoms with van der Waals surface area (Å²) in [5.41, 5.74) is 0. The first-order chi connectivity index (χ1) is 27.3. The Bertz CT molecular complexity index is 1780. The molecule has 1 aliphatic carbocycles. The summed E-state index contributed by atoms with van der Waals surface area (Å²) < 4.78 is 64.3. The van der Waals surface area contributed by atoms with Crippen molar-refractivity contribution in [3.8, 4) is 59.7 Å². The Labute approximate surface area is 364 Å². The number of unbranched alkanes of at least 4 members (excludes halogenated alkanes) is 12. The van der Waals surface area contributed by atoms with Crippen LogP contribution in [0.1, 0.15) is 110 Å². The highest BCUT2D eigenvalue weighted by Gasteiger charge is 2.56. The lowest BCUT2D eigenvalue weighted by Crippen LogP contribution is -2.65. The van der Waals surface area contributed by atoms with Crippen molar-refractivity contribution < 1.29 is 103 Å². The van der Waals surface area contributed by atoms with Crippen molar-refractivity contribution in [2.75, 3.05) is 13.2 Å². The van der Waals surface area contributed by atoms with Crippen LogP contribution in [0.4, 0.5) is 0 Å². The molecule has 1 saturated carbocycles. The zero-order chi connectivity index (χ0) is 43.6. The second-order valence-corrected chi connectivity index (χ2v) is 16.6. The molecule has 23 heteroatoms. The maximum Gasteiger partial charge on any atom is 0.472 e. The van der Waals surface area contributed by atoms with Crippen molar-refractivity contribution in [1.82, 2.24) is 0 Å². The van der Waals surface area contributed by atoms with Crippen molar-refractivity contribution in [1.29, 1.82) is 0 Å². The van der Waals surface area contributed by atoms with E-state index in [1.807, 2.05) is 11.8 Å². The van der Waals surface area contributed by atoms with E-state index in [-0.39, 0.29) is 32.8 Å². The standard InChI is InChI=1S/C36H51O19P3.H2S.9H2/c1-3-5-7-9-11-13-14-15-16-17-19-21-23-25-30(38)52-28(26-50-29(37)24-22-20-18-12-10-8-6-4-2)27-51-58(48,49)55-34-31(39)32(40)35(53-56(42,43)44)36(33(34)41)54-57(45,46)47;;;;;;;;;;/h2,28,31-36,39-41H,3,5,7,9,11,13-17,19,21,23,25-27H2,1H3,(H,48,49)(H2,42,43,44)(H2,45,46,47);1H2;9*1H/t28-,31+,32?,33?,34?,35-,36+;;;;;;;;;;/m1........../s1. The van der Waals surface area contributed by atoms with Crippen LogP contribution in [0.15, 0.2) is 0 Å². The summed E-state index contributed by atoms with van der Waals surface area (Å²) in [5.74, 6) is 17.9. The van der Waals surface area contributed by atoms with Gasteiger partial charge in [-0.05, 0) is 53.8 Å². The normalized spacial score (nSPS) is 21.4. The molecule has 0 aromatic heterocycles. The molecule has 0 aromatic rings. The molecule has 19 nitrogen and oxygen atoms in total. The number of phosphoric acid groups is 3. The van der Waals surface area contributed by atoms with Crippen LogP contribution < -0.4 is 0 Å². The van der Waals surface area contributed by atoms with E-state index in [4.69, 9.17) is 34.7 Å². The minimum atomic E-state index is -5.62. The molecule has 8 atom stereocenters. The van der Waals surface area contributed by atoms with E-state index in [1.54, 1.807) is 0 Å². The van der Waals surface area contributed by atoms with Gasteiger partial charge in [0.1, 0.15) is 43.2 Å². The second kappa shape index (κ2) is 30.3. The molecule has 1 rings (SSSR count). The molecule has 0 saturated heterocycles. The molecule has 0 bridgehead atoms. The van der Waals surface area contributed by atoms with Gasteiger partial charge in [-0.15, -0.1) is 6.42 Å². The van der Waals surface area contributed by atoms with Crippen LogP contribution in [0, 0.1) is 59.7 Å². The topological polar surface area (TPSA) is 303 Å². The van der Waals surface area contributed by atoms with Crippen molar-refractivity contribution in [3.05, 3.63) is 0 Å². The Hall–Kier alpha value is -2.70. The fourth-order valence-corrected chi connectivity index (χ4v) is 7.44. The van der Waals surface area contributed by atoms with Crippen LogP contribution in [0.3, 0.4) is 0 Å². The SMILES string of the molecule is C#CC#CC#CC#CC#CC(=O)OC[C@H](COP(=O)(O)OC1C(O)[C@H](OP(=O)(O)O)[C@H](OP(=O)(O)O)C(O)[C@@H]1O)OC(=O)CCCCCCCCCCCCCCC.S.[HH].[HH].[HH].[HH].[HH].[HH].[HH].[HH].[HH]. The fraction of sp³-hybridized carbons (Fsp3) is 0.667. The van der Waals surface area contributed by atoms with E-state index in [9.17, 15) is 53.3 Å². The Morgan fingerprint density at radius 1 is 0.627 bits per heavy atom. The average molecular weight is 933 g/mol. The summed E-state index contributed by atoms with van der Waals surface area (Å²) in [6, 6.07) is 0. The van der Waals surface area contributed by atoms with Crippen LogP contribution in [0.2, 0.25) is 0 Å². The van der Waals surface area contributed by atoms with Gasteiger partial charge in [0.2, 0.25) is 0 Å². The van der Waals surface area contributed by atoms with Gasteiger partial charge in [0.05, 0.1) is 6.61 Å². The molecule has 4 unspecified atom stereocenters. The average Bonchev–Trinajstić information content (AvgIpc) is 3.14. The van der Waals surface area contributed by atoms with Crippen LogP contribution in [-0.2, 0) is 50.9 Å². The number of carbonyl (C=O) groups excluding carboxylic acids is 2. The number of carbonyl (C=O) groups is 2. The van der Waals surface area contributed by atoms with Crippen molar-refractivity contribution >= 4 is 48.9 Å². The predicted molar refractivity (Wildman–Crippen MR) is 233 cm³/mol. The Balaban J connectivity index is -0.000000420. The molecule has 8 N–H and O–H groups in total. The van der Waals surface area contributed by atoms with Crippen LogP contribution in [0.5, 0.6) is 0 Å². The van der Waals surface area contributed by atoms with E-state index in [2.05, 4.69) is 57.4 Å². The predicted octanol–water partition coefficient (Wildman–Crippen LogP) is 4.45. The second-order valence-electron chi connectivity index (χ2n) is 12.8. The van der Waals surface area contributed by atoms with Gasteiger partial charge in [0.15, 0.2) is 6.10 Å². The number of hydrogen-bond acceptors (Lipinski definition) is 14. The largest absolute Gasteiger partial charge is 0.472 e. The lowest BCUT2D eigenvalue weighted by atomic mass is 9.85. The molecular weight excluding hydrogens is 861 g/mol. The van der Waals surface area contributed by atoms with Gasteiger partial charge >= 0.3 is 35.4 Å². The zero-order valence-electron chi connectivity index (χ0n) is 32.3. The minimum absolute atomic E-state index is 0. The molecule has 1 fully saturated rings. The van der Waals surface area contributed by atoms with Crippen molar-refractivity contribution in [2.24, 2.45) is 0 Å². The number of aliphatic hydroxyl groups is 3. The number of ether oxygens (including phenoxy) is 2. The molecule has 0 amide bonds. The van der Waals surface area contributed by atoms with Crippen LogP contribution in [0.25, 0.3) is 0 Å². The summed E-state index contributed by atoms with van der Waals surface area (Å²) in [7, 11) is -16.7. The Morgan fingerprint density at radius 3 is 1.56 bits per heavy atom. The molecule has 0 aromatic carbocycles. The molecule has 1 aliphatic rings. The quantitative estimate of drug-likeness (QED) is 0.0195. The molecule has 350 valence electrons. The third-order valence-electron chi connectivity index (χ3n) is 8.01. The molecule has 0 spiro atoms. The number of rotatable bonds is 26. The van der Waals surface area contributed by atoms with E-state index in [0.29, 0.717) is 12.8 Å². The number of hydrogen-bond donors (Lipinski definition) is 8. The number of aliphatic hydroxyl groups excluding tert-OH is 3. The van der Waals surface area contributed by atoms with Crippen LogP contribution in [-0.4, -0.2) is 108 Å². The number of phosphoric ester groups is 3. The van der Waals surface area contributed by atoms with Gasteiger partial charge in [0.25, 0.3) is 0 Å². The van der Waals surface area contributed by atoms with E-state index < -0.39 is 91.3 Å². The molecular formula is C36H71O19P3S. The van der Waals surface area contributed by atoms with Crippen molar-refractivity contribution in [3.63, 3.8) is 0 Å². The van der Waals surface area contributed by atoms with E-state index >= 15 is 0 Å². The smallest absolute Gasteiger partial charge is 0.456 e. The Kier molecular flexibility index (Phi) is 29.0. The minimum Gasteiger partial charge on any atom is -0.456 e. The monoisotopic (exact) mass is 932 g/mol. The first kappa shape index (κ1) is 56.3. The van der Waals surface area contributed by atoms with Gasteiger partial charge in [-0.3, -0.25) is 22.9 Å². The highest BCUT2D eigenvalue weighted by Crippen LogP contribution is 2.51. The summed E-state index contributed by atoms with van der Waals surface area (Å²) in [5, 5.41) is 31.6. The van der Waals surface area contributed by atoms with Crippen LogP contribution >= 0.6 is 37.0 Å². The third-order valence-corrected chi connectivity index (χ3v) is 10.0. The molecule has 0 aliphatic heterocycles. The third kappa shape index (κ3) is 27.0. The van der Waals surface area contributed by atoms with Gasteiger partial charge < -0.3 is 49.3 Å². The van der Waals surface area contributed by atoms with Gasteiger partial charge in [0, 0.05) is 25.2 Å². The lowest BCUT2D eigenvalue weighted by Gasteiger charge is -2.44. The van der Waals surface area contributed by atoms with Gasteiger partial charge in [-0.2, -0.15) is 13.5 Å². The molecule has 0 radical (unpaired) electrons. The highest BCUT2D eigenvalue weighted by atomic mass is 32.1. The fourth-order valence-electron chi connectivity index (χ4n) is 5.34. The summed E-state index contributed by atoms with van der Waals surface area (Å²) in [6.07, 6.45) is 2.00. The zero-order valence-corrected chi connectivity index (χ0v) is 36.0. The van der Waals surface area contributed by atoms with Gasteiger partial charge in [-0.1, -0.05) is 84.0 Å². The maximum atomic E-state index is 12.9. The maximum absolute atomic E-state index is 12.9. The molecule has 0 heterocycles. The highest BCUT2D eigenvalue weighted by molar-refractivity contribution is 7.59. The van der Waals surface area contributed by atoms with Gasteiger partial charge in [-0.25, -0.2) is 18.5 Å². The number of esters is 2. The first-order valence-corrected chi connectivity index (χ1v) is 22.9. The van der Waals surface area contributed by atoms with E-state index in [0.717, 1.165) is 25.7 Å². The summed E-state index contributed by atoms with van der Waals surface area (Å²) in [6.45, 7) is 0.379. The van der Waals surface area contributed by atoms with Crippen molar-refractivity contribution in [2.45, 2.75) is 140 Å². The Morgan fingerprint density at radius 2 is 1.07 bits per heavy atom. The molecule has 59 heavy (non-hydrogen) atoms. The number of terminal acetylenes is 1. The first-order valence-electron chi connectivity index (χ1n) is 18.3. The lowest BCUT2D eigenvalue weighted by molar-refractivity contribution is -0.213. The van der Waals surface area contributed by atoms with E-state index in [1.165, 1.54) is 44.9 Å². The summed E-state index contributed by atoms with van der Waals surface area (Å²) >= 11 is 0. The summed E-state index contributed by atoms with van der Waals surface area (Å²) in [4.78, 5) is 72.1.